The van der Waals surface area contributed by atoms with Crippen LogP contribution in [0.5, 0.6) is 0 Å². The summed E-state index contributed by atoms with van der Waals surface area (Å²) in [5, 5.41) is 8.84. The first-order chi connectivity index (χ1) is 17.4. The number of carbonyl (C=O) groups excluding carboxylic acids is 1. The minimum atomic E-state index is -0.442. The topological polar surface area (TPSA) is 102 Å². The first-order valence-electron chi connectivity index (χ1n) is 11.5. The summed E-state index contributed by atoms with van der Waals surface area (Å²) in [4.78, 5) is 32.2. The Bertz CT molecular complexity index is 1680. The molecule has 0 saturated heterocycles. The number of methoxy groups -OCH3 is 1. The van der Waals surface area contributed by atoms with Crippen LogP contribution < -0.4 is 10.9 Å². The lowest BCUT2D eigenvalue weighted by molar-refractivity contribution is 0.0602. The number of aromatic nitrogens is 4. The van der Waals surface area contributed by atoms with E-state index in [0.29, 0.717) is 33.8 Å². The molecular formula is C28H25N5O3. The second kappa shape index (κ2) is 9.14. The summed E-state index contributed by atoms with van der Waals surface area (Å²) >= 11 is 0. The lowest BCUT2D eigenvalue weighted by atomic mass is 10.0. The molecule has 0 aliphatic carbocycles. The molecule has 0 amide bonds. The van der Waals surface area contributed by atoms with E-state index in [1.54, 1.807) is 25.1 Å². The molecule has 180 valence electrons. The summed E-state index contributed by atoms with van der Waals surface area (Å²) in [5.74, 6) is 0.782. The number of benzene rings is 3. The van der Waals surface area contributed by atoms with E-state index in [1.165, 1.54) is 7.11 Å². The van der Waals surface area contributed by atoms with Crippen LogP contribution in [0, 0.1) is 20.8 Å². The number of para-hydroxylation sites is 2. The number of carbonyl (C=O) groups is 1. The van der Waals surface area contributed by atoms with E-state index in [1.807, 2.05) is 67.1 Å². The lowest BCUT2D eigenvalue weighted by Gasteiger charge is -2.16. The number of aryl methyl sites for hydroxylation is 3. The number of anilines is 2. The Labute approximate surface area is 207 Å². The molecule has 36 heavy (non-hydrogen) atoms. The SMILES string of the molecule is COC(=O)c1ccccc1Nc1c(-c2ccc3c(=O)[nH]c(C)nc3c2)c(C)nn1-c1ccccc1C. The number of nitrogens with one attached hydrogen (secondary N) is 2. The van der Waals surface area contributed by atoms with Gasteiger partial charge in [0.1, 0.15) is 11.6 Å². The average molecular weight is 480 g/mol. The van der Waals surface area contributed by atoms with E-state index in [4.69, 9.17) is 9.84 Å². The van der Waals surface area contributed by atoms with E-state index in [0.717, 1.165) is 28.1 Å². The number of hydrogen-bond donors (Lipinski definition) is 2. The quantitative estimate of drug-likeness (QED) is 0.335. The molecule has 0 aliphatic heterocycles. The Morgan fingerprint density at radius 1 is 1.00 bits per heavy atom. The zero-order valence-electron chi connectivity index (χ0n) is 20.4. The van der Waals surface area contributed by atoms with Gasteiger partial charge in [-0.3, -0.25) is 4.79 Å². The predicted octanol–water partition coefficient (Wildman–Crippen LogP) is 5.23. The fourth-order valence-corrected chi connectivity index (χ4v) is 4.38. The number of esters is 1. The monoisotopic (exact) mass is 479 g/mol. The Kier molecular flexibility index (Phi) is 5.85. The molecule has 2 N–H and O–H groups in total. The van der Waals surface area contributed by atoms with Crippen molar-refractivity contribution in [2.45, 2.75) is 20.8 Å². The van der Waals surface area contributed by atoms with E-state index in [9.17, 15) is 9.59 Å². The minimum absolute atomic E-state index is 0.179. The van der Waals surface area contributed by atoms with E-state index in [-0.39, 0.29) is 5.56 Å². The van der Waals surface area contributed by atoms with Crippen molar-refractivity contribution in [3.8, 4) is 16.8 Å². The third-order valence-electron chi connectivity index (χ3n) is 6.10. The highest BCUT2D eigenvalue weighted by Crippen LogP contribution is 2.37. The Balaban J connectivity index is 1.76. The number of H-pyrrole nitrogens is 1. The highest BCUT2D eigenvalue weighted by Gasteiger charge is 2.22. The molecule has 8 heteroatoms. The summed E-state index contributed by atoms with van der Waals surface area (Å²) in [5.41, 5.74) is 5.80. The smallest absolute Gasteiger partial charge is 0.339 e. The largest absolute Gasteiger partial charge is 0.465 e. The summed E-state index contributed by atoms with van der Waals surface area (Å²) in [6.07, 6.45) is 0. The van der Waals surface area contributed by atoms with Crippen molar-refractivity contribution in [3.63, 3.8) is 0 Å². The number of rotatable bonds is 5. The number of aromatic amines is 1. The van der Waals surface area contributed by atoms with Crippen LogP contribution in [0.4, 0.5) is 11.5 Å². The molecule has 8 nitrogen and oxygen atoms in total. The van der Waals surface area contributed by atoms with Crippen molar-refractivity contribution in [2.24, 2.45) is 0 Å². The normalized spacial score (nSPS) is 11.0. The molecule has 0 saturated carbocycles. The predicted molar refractivity (Wildman–Crippen MR) is 140 cm³/mol. The molecule has 0 spiro atoms. The summed E-state index contributed by atoms with van der Waals surface area (Å²) in [6.45, 7) is 5.71. The van der Waals surface area contributed by atoms with Gasteiger partial charge in [-0.2, -0.15) is 5.10 Å². The van der Waals surface area contributed by atoms with Crippen LogP contribution in [-0.4, -0.2) is 32.8 Å². The Hall–Kier alpha value is -4.72. The van der Waals surface area contributed by atoms with Crippen molar-refractivity contribution in [2.75, 3.05) is 12.4 Å². The summed E-state index contributed by atoms with van der Waals surface area (Å²) in [7, 11) is 1.36. The van der Waals surface area contributed by atoms with Crippen LogP contribution in [0.1, 0.15) is 27.4 Å². The van der Waals surface area contributed by atoms with Crippen molar-refractivity contribution in [1.82, 2.24) is 19.7 Å². The fraction of sp³-hybridized carbons (Fsp3) is 0.143. The fourth-order valence-electron chi connectivity index (χ4n) is 4.38. The molecule has 2 heterocycles. The molecule has 0 fully saturated rings. The molecule has 0 bridgehead atoms. The van der Waals surface area contributed by atoms with Gasteiger partial charge in [-0.1, -0.05) is 36.4 Å². The second-order valence-corrected chi connectivity index (χ2v) is 8.55. The van der Waals surface area contributed by atoms with Gasteiger partial charge in [-0.15, -0.1) is 0 Å². The molecule has 5 rings (SSSR count). The molecular weight excluding hydrogens is 454 g/mol. The third kappa shape index (κ3) is 4.02. The van der Waals surface area contributed by atoms with Gasteiger partial charge < -0.3 is 15.0 Å². The van der Waals surface area contributed by atoms with Gasteiger partial charge in [0.25, 0.3) is 5.56 Å². The van der Waals surface area contributed by atoms with Gasteiger partial charge in [0.05, 0.1) is 40.6 Å². The zero-order chi connectivity index (χ0) is 25.4. The molecule has 0 aliphatic rings. The van der Waals surface area contributed by atoms with E-state index < -0.39 is 5.97 Å². The van der Waals surface area contributed by atoms with Crippen LogP contribution in [0.2, 0.25) is 0 Å². The van der Waals surface area contributed by atoms with Gasteiger partial charge in [-0.05, 0) is 62.2 Å². The highest BCUT2D eigenvalue weighted by molar-refractivity contribution is 5.97. The second-order valence-electron chi connectivity index (χ2n) is 8.55. The molecule has 5 aromatic rings. The maximum atomic E-state index is 12.5. The van der Waals surface area contributed by atoms with Gasteiger partial charge in [-0.25, -0.2) is 14.5 Å². The highest BCUT2D eigenvalue weighted by atomic mass is 16.5. The maximum Gasteiger partial charge on any atom is 0.339 e. The Morgan fingerprint density at radius 2 is 1.75 bits per heavy atom. The minimum Gasteiger partial charge on any atom is -0.465 e. The molecule has 0 radical (unpaired) electrons. The molecule has 0 unspecified atom stereocenters. The summed E-state index contributed by atoms with van der Waals surface area (Å²) < 4.78 is 6.84. The van der Waals surface area contributed by atoms with Crippen molar-refractivity contribution < 1.29 is 9.53 Å². The van der Waals surface area contributed by atoms with Gasteiger partial charge in [0, 0.05) is 5.56 Å². The van der Waals surface area contributed by atoms with Crippen molar-refractivity contribution in [1.29, 1.82) is 0 Å². The van der Waals surface area contributed by atoms with E-state index >= 15 is 0 Å². The number of fused-ring (bicyclic) bond motifs is 1. The van der Waals surface area contributed by atoms with Crippen LogP contribution >= 0.6 is 0 Å². The molecule has 0 atom stereocenters. The van der Waals surface area contributed by atoms with Crippen LogP contribution in [0.15, 0.2) is 71.5 Å². The number of ether oxygens (including phenoxy) is 1. The van der Waals surface area contributed by atoms with Crippen molar-refractivity contribution in [3.05, 3.63) is 99.7 Å². The molecule has 3 aromatic carbocycles. The van der Waals surface area contributed by atoms with Crippen molar-refractivity contribution >= 4 is 28.4 Å². The summed E-state index contributed by atoms with van der Waals surface area (Å²) in [6, 6.07) is 20.7. The lowest BCUT2D eigenvalue weighted by Crippen LogP contribution is -2.10. The standard InChI is InChI=1S/C28H25N5O3/c1-16-9-5-8-12-24(16)33-26(31-22-11-7-6-10-21(22)28(35)36-4)25(17(2)32-33)19-13-14-20-23(15-19)29-18(3)30-27(20)34/h5-15,31H,1-4H3,(H,29,30,34). The van der Waals surface area contributed by atoms with Gasteiger partial charge >= 0.3 is 5.97 Å². The van der Waals surface area contributed by atoms with E-state index in [2.05, 4.69) is 15.3 Å². The number of hydrogen-bond acceptors (Lipinski definition) is 6. The van der Waals surface area contributed by atoms with Crippen LogP contribution in [0.3, 0.4) is 0 Å². The maximum absolute atomic E-state index is 12.5. The first kappa shape index (κ1) is 23.0. The van der Waals surface area contributed by atoms with Crippen LogP contribution in [-0.2, 0) is 4.74 Å². The first-order valence-corrected chi connectivity index (χ1v) is 11.5. The molecule has 2 aromatic heterocycles. The third-order valence-corrected chi connectivity index (χ3v) is 6.10. The zero-order valence-corrected chi connectivity index (χ0v) is 20.4. The van der Waals surface area contributed by atoms with Crippen LogP contribution in [0.25, 0.3) is 27.7 Å². The number of nitrogens with zero attached hydrogens (tertiary/aromatic N) is 3. The Morgan fingerprint density at radius 3 is 2.53 bits per heavy atom. The average Bonchev–Trinajstić information content (AvgIpc) is 3.18. The van der Waals surface area contributed by atoms with Gasteiger partial charge in [0.2, 0.25) is 0 Å². The van der Waals surface area contributed by atoms with Gasteiger partial charge in [0.15, 0.2) is 0 Å².